The largest absolute Gasteiger partial charge is 0.139 e. The maximum atomic E-state index is 2.57. The Labute approximate surface area is 496 Å². The Balaban J connectivity index is 0.880. The van der Waals surface area contributed by atoms with Crippen LogP contribution in [-0.4, -0.2) is 141 Å². The maximum absolute atomic E-state index is 2.57. The average molecular weight is 1010 g/mol. The Morgan fingerprint density at radius 2 is 0.494 bits per heavy atom. The number of hydrogen-bond donors (Lipinski definition) is 0. The Morgan fingerprint density at radius 3 is 0.901 bits per heavy atom. The van der Waals surface area contributed by atoms with E-state index in [4.69, 9.17) is 0 Å². The highest BCUT2D eigenvalue weighted by Gasteiger charge is 2.40. The van der Waals surface area contributed by atoms with E-state index in [-0.39, 0.29) is 10.8 Å². The monoisotopic (exact) mass is 1020 g/mol. The van der Waals surface area contributed by atoms with Crippen LogP contribution in [-0.2, 0) is 10.8 Å². The predicted octanol–water partition coefficient (Wildman–Crippen LogP) is -13.9. The van der Waals surface area contributed by atoms with E-state index in [0.29, 0.717) is 0 Å². The van der Waals surface area contributed by atoms with Crippen LogP contribution in [0.2, 0.25) is 0 Å². The Bertz CT molecular complexity index is 4980. The van der Waals surface area contributed by atoms with E-state index < -0.39 is 0 Å². The molecule has 18 heteroatoms. The van der Waals surface area contributed by atoms with E-state index in [1.165, 1.54) is 246 Å². The normalized spacial score (nSPS) is 14.1. The molecule has 0 bridgehead atoms. The highest BCUT2D eigenvalue weighted by molar-refractivity contribution is 6.77. The summed E-state index contributed by atoms with van der Waals surface area (Å²) < 4.78 is 0. The fourth-order valence-corrected chi connectivity index (χ4v) is 17.8. The molecule has 12 aromatic rings. The molecule has 0 aliphatic heterocycles. The van der Waals surface area contributed by atoms with E-state index in [0.717, 1.165) is 0 Å². The van der Waals surface area contributed by atoms with Crippen molar-refractivity contribution in [2.24, 2.45) is 0 Å². The molecule has 0 amide bonds. The van der Waals surface area contributed by atoms with Gasteiger partial charge in [-0.25, -0.2) is 0 Å². The fourth-order valence-electron chi connectivity index (χ4n) is 17.8. The van der Waals surface area contributed by atoms with Gasteiger partial charge in [-0.2, -0.15) is 0 Å². The van der Waals surface area contributed by atoms with Gasteiger partial charge in [0.2, 0.25) is 0 Å². The fraction of sp³-hybridized carbons (Fsp3) is 0.111. The first-order valence-corrected chi connectivity index (χ1v) is 30.1. The minimum absolute atomic E-state index is 0.194. The minimum atomic E-state index is -0.201. The van der Waals surface area contributed by atoms with Crippen LogP contribution in [0.25, 0.3) is 120 Å². The van der Waals surface area contributed by atoms with Crippen molar-refractivity contribution in [1.82, 2.24) is 0 Å². The van der Waals surface area contributed by atoms with Gasteiger partial charge in [0.05, 0.1) is 0 Å². The molecule has 0 fully saturated rings. The zero-order valence-corrected chi connectivity index (χ0v) is 52.9. The summed E-state index contributed by atoms with van der Waals surface area (Å²) in [6.07, 6.45) is 0. The first-order valence-electron chi connectivity index (χ1n) is 30.1. The lowest BCUT2D eigenvalue weighted by Crippen LogP contribution is -2.48. The molecule has 12 aromatic carbocycles. The SMILES string of the molecule is Bc1c(B)c2c(B)c(B)c3c(B)c(B)c(-c4ccc5c(c4)C(C)(C)c4cc(-c6ccc7c(c6)C(C)(C)c6c-7ccc(-c7c(B)c(B)c8c(B)c(B)c9c(B)c(B)c(B)c%10c(B)c(B)c7c8c9%10)c6C)ccc4-5)c4c(B)c(B)c(c1B)c2c34. The lowest BCUT2D eigenvalue weighted by molar-refractivity contribution is 0.656. The van der Waals surface area contributed by atoms with E-state index in [9.17, 15) is 0 Å². The van der Waals surface area contributed by atoms with Crippen molar-refractivity contribution in [3.05, 3.63) is 94.5 Å². The Kier molecular flexibility index (Phi) is 11.1. The molecule has 0 aromatic heterocycles. The molecular formula is C63H62B18. The van der Waals surface area contributed by atoms with Crippen molar-refractivity contribution in [2.75, 3.05) is 0 Å². The summed E-state index contributed by atoms with van der Waals surface area (Å²) in [5.41, 5.74) is 45.9. The van der Waals surface area contributed by atoms with Gasteiger partial charge in [-0.1, -0.05) is 164 Å². The van der Waals surface area contributed by atoms with E-state index in [1.807, 2.05) is 0 Å². The summed E-state index contributed by atoms with van der Waals surface area (Å²) in [5, 5.41) is 17.5. The molecule has 0 atom stereocenters. The van der Waals surface area contributed by atoms with Gasteiger partial charge in [0.1, 0.15) is 141 Å². The van der Waals surface area contributed by atoms with E-state index >= 15 is 0 Å². The third-order valence-corrected chi connectivity index (χ3v) is 23.3. The van der Waals surface area contributed by atoms with Gasteiger partial charge in [-0.3, -0.25) is 0 Å². The molecule has 0 heterocycles. The maximum Gasteiger partial charge on any atom is 0.139 e. The number of rotatable bonds is 3. The van der Waals surface area contributed by atoms with Gasteiger partial charge in [-0.15, -0.1) is 10.9 Å². The molecular weight excluding hydrogens is 951 g/mol. The molecule has 368 valence electrons. The van der Waals surface area contributed by atoms with Crippen LogP contribution in [0, 0.1) is 6.92 Å². The quantitative estimate of drug-likeness (QED) is 0.122. The molecule has 2 aliphatic rings. The molecule has 0 unspecified atom stereocenters. The summed E-state index contributed by atoms with van der Waals surface area (Å²) in [6.45, 7) is 12.3. The molecule has 2 aliphatic carbocycles. The Morgan fingerprint density at radius 1 is 0.235 bits per heavy atom. The van der Waals surface area contributed by atoms with Crippen LogP contribution in [0.3, 0.4) is 0 Å². The van der Waals surface area contributed by atoms with Gasteiger partial charge in [-0.05, 0) is 173 Å². The lowest BCUT2D eigenvalue weighted by atomic mass is 9.58. The summed E-state index contributed by atoms with van der Waals surface area (Å²) in [7, 11) is 42.7. The summed E-state index contributed by atoms with van der Waals surface area (Å²) in [6, 6.07) is 27.1. The van der Waals surface area contributed by atoms with Crippen LogP contribution in [0.5, 0.6) is 0 Å². The van der Waals surface area contributed by atoms with Gasteiger partial charge in [0.25, 0.3) is 0 Å². The zero-order valence-electron chi connectivity index (χ0n) is 52.9. The highest BCUT2D eigenvalue weighted by Crippen LogP contribution is 2.55. The van der Waals surface area contributed by atoms with Crippen molar-refractivity contribution in [1.29, 1.82) is 0 Å². The number of hydrogen-bond acceptors (Lipinski definition) is 0. The molecule has 0 N–H and O–H groups in total. The second-order valence-corrected chi connectivity index (χ2v) is 27.2. The zero-order chi connectivity index (χ0) is 57.8. The second kappa shape index (κ2) is 17.0. The van der Waals surface area contributed by atoms with Crippen molar-refractivity contribution in [3.8, 4) is 55.6 Å². The standard InChI is InChI=1S/C63H62B18/c1-17-21(30-36-32-34-40(51(71)47(36)67)57(77)61(81)59(79)42(34)55(75)53(73)38(32)49(69)45(30)65)12-13-25-24-10-7-19(15-28(24)63(4,5)43(17)25)18-6-9-22-23-11-8-20(16-27(23)62(2,3)26(22)14-18)29-35-31-33-39(50(70)46(35)66)56(76)60(80)58(78)41(33)54(74)52(72)37(31)48(68)44(29)64/h6-16H,64-81H2,1-5H3. The lowest BCUT2D eigenvalue weighted by Gasteiger charge is -2.30. The van der Waals surface area contributed by atoms with Crippen molar-refractivity contribution < 1.29 is 0 Å². The summed E-state index contributed by atoms with van der Waals surface area (Å²) >= 11 is 0. The number of fused-ring (bicyclic) bond motifs is 6. The van der Waals surface area contributed by atoms with E-state index in [1.54, 1.807) is 0 Å². The topological polar surface area (TPSA) is 0 Å². The Hall–Kier alpha value is -6.11. The van der Waals surface area contributed by atoms with Crippen LogP contribution in [0.4, 0.5) is 0 Å². The predicted molar refractivity (Wildman–Crippen MR) is 417 cm³/mol. The summed E-state index contributed by atoms with van der Waals surface area (Å²) in [4.78, 5) is 0. The van der Waals surface area contributed by atoms with Crippen LogP contribution in [0.15, 0.2) is 66.7 Å². The molecule has 14 rings (SSSR count). The third-order valence-electron chi connectivity index (χ3n) is 23.3. The molecule has 0 spiro atoms. The third kappa shape index (κ3) is 6.32. The second-order valence-electron chi connectivity index (χ2n) is 27.2. The summed E-state index contributed by atoms with van der Waals surface area (Å²) in [5.74, 6) is 0. The smallest absolute Gasteiger partial charge is 0.100 e. The van der Waals surface area contributed by atoms with E-state index in [2.05, 4.69) is 243 Å². The average Bonchev–Trinajstić information content (AvgIpc) is 3.94. The van der Waals surface area contributed by atoms with Gasteiger partial charge < -0.3 is 0 Å². The molecule has 0 radical (unpaired) electrons. The minimum Gasteiger partial charge on any atom is -0.100 e. The van der Waals surface area contributed by atoms with Crippen LogP contribution in [0.1, 0.15) is 55.5 Å². The molecule has 0 nitrogen and oxygen atoms in total. The first kappa shape index (κ1) is 52.9. The van der Waals surface area contributed by atoms with Crippen LogP contribution >= 0.6 is 0 Å². The van der Waals surface area contributed by atoms with Crippen LogP contribution < -0.4 is 98.3 Å². The molecule has 0 saturated heterocycles. The highest BCUT2D eigenvalue weighted by atomic mass is 14.4. The molecule has 81 heavy (non-hydrogen) atoms. The van der Waals surface area contributed by atoms with Gasteiger partial charge in [0, 0.05) is 10.8 Å². The number of benzene rings is 12. The van der Waals surface area contributed by atoms with Gasteiger partial charge in [0.15, 0.2) is 0 Å². The van der Waals surface area contributed by atoms with Crippen molar-refractivity contribution in [2.45, 2.75) is 45.4 Å². The molecule has 0 saturated carbocycles. The first-order chi connectivity index (χ1) is 38.2. The van der Waals surface area contributed by atoms with Crippen molar-refractivity contribution in [3.63, 3.8) is 0 Å². The van der Waals surface area contributed by atoms with Gasteiger partial charge >= 0.3 is 0 Å². The van der Waals surface area contributed by atoms with Crippen molar-refractivity contribution >= 4 is 304 Å².